The monoisotopic (exact) mass is 263 g/mol. The molecular formula is C11H9N3O5. The van der Waals surface area contributed by atoms with Crippen LogP contribution in [0.15, 0.2) is 24.3 Å². The van der Waals surface area contributed by atoms with E-state index in [2.05, 4.69) is 5.43 Å². The maximum Gasteiger partial charge on any atom is 0.270 e. The fraction of sp³-hybridized carbons (Fsp3) is 0.182. The topological polar surface area (TPSA) is 110 Å². The van der Waals surface area contributed by atoms with Gasteiger partial charge in [0.2, 0.25) is 11.8 Å². The molecular weight excluding hydrogens is 254 g/mol. The summed E-state index contributed by atoms with van der Waals surface area (Å²) in [6.45, 7) is 0. The van der Waals surface area contributed by atoms with E-state index in [4.69, 9.17) is 0 Å². The van der Waals surface area contributed by atoms with E-state index in [0.29, 0.717) is 5.01 Å². The number of rotatable bonds is 3. The van der Waals surface area contributed by atoms with Crippen molar-refractivity contribution in [1.29, 1.82) is 0 Å². The molecule has 98 valence electrons. The molecule has 0 bridgehead atoms. The first-order valence-electron chi connectivity index (χ1n) is 5.40. The van der Waals surface area contributed by atoms with Crippen LogP contribution in [0.5, 0.6) is 0 Å². The van der Waals surface area contributed by atoms with Crippen molar-refractivity contribution >= 4 is 23.4 Å². The zero-order valence-corrected chi connectivity index (χ0v) is 9.66. The third-order valence-electron chi connectivity index (χ3n) is 2.58. The Morgan fingerprint density at radius 2 is 1.89 bits per heavy atom. The summed E-state index contributed by atoms with van der Waals surface area (Å²) in [6, 6.07) is 5.01. The molecule has 1 aliphatic rings. The molecule has 0 unspecified atom stereocenters. The van der Waals surface area contributed by atoms with E-state index in [1.807, 2.05) is 0 Å². The summed E-state index contributed by atoms with van der Waals surface area (Å²) in [7, 11) is 0. The minimum Gasteiger partial charge on any atom is -0.273 e. The summed E-state index contributed by atoms with van der Waals surface area (Å²) in [6.07, 6.45) is 0.0993. The average molecular weight is 263 g/mol. The Morgan fingerprint density at radius 3 is 2.47 bits per heavy atom. The SMILES string of the molecule is O=C(NN1C(=O)CCC1=O)c1cccc([N+](=O)[O-])c1. The largest absolute Gasteiger partial charge is 0.273 e. The molecule has 0 spiro atoms. The minimum atomic E-state index is -0.743. The van der Waals surface area contributed by atoms with Crippen LogP contribution in [0.1, 0.15) is 23.2 Å². The number of hydrazine groups is 1. The average Bonchev–Trinajstić information content (AvgIpc) is 2.70. The first kappa shape index (κ1) is 12.7. The molecule has 0 aromatic heterocycles. The molecule has 1 heterocycles. The van der Waals surface area contributed by atoms with E-state index in [0.717, 1.165) is 6.07 Å². The number of amides is 3. The van der Waals surface area contributed by atoms with Crippen LogP contribution >= 0.6 is 0 Å². The number of hydrogen-bond donors (Lipinski definition) is 1. The Morgan fingerprint density at radius 1 is 1.26 bits per heavy atom. The Bertz CT molecular complexity index is 567. The van der Waals surface area contributed by atoms with Gasteiger partial charge in [-0.15, -0.1) is 0 Å². The molecule has 8 nitrogen and oxygen atoms in total. The summed E-state index contributed by atoms with van der Waals surface area (Å²) in [5.74, 6) is -1.74. The van der Waals surface area contributed by atoms with E-state index in [-0.39, 0.29) is 24.1 Å². The number of non-ortho nitro benzene ring substituents is 1. The summed E-state index contributed by atoms with van der Waals surface area (Å²) in [5.41, 5.74) is 1.89. The molecule has 2 rings (SSSR count). The molecule has 1 fully saturated rings. The molecule has 1 aromatic carbocycles. The highest BCUT2D eigenvalue weighted by Crippen LogP contribution is 2.14. The second-order valence-electron chi connectivity index (χ2n) is 3.87. The first-order chi connectivity index (χ1) is 8.99. The summed E-state index contributed by atoms with van der Waals surface area (Å²) in [4.78, 5) is 44.3. The van der Waals surface area contributed by atoms with Crippen molar-refractivity contribution < 1.29 is 19.3 Å². The van der Waals surface area contributed by atoms with Crippen molar-refractivity contribution in [3.8, 4) is 0 Å². The third-order valence-corrected chi connectivity index (χ3v) is 2.58. The maximum atomic E-state index is 11.8. The quantitative estimate of drug-likeness (QED) is 0.482. The maximum absolute atomic E-state index is 11.8. The van der Waals surface area contributed by atoms with Crippen molar-refractivity contribution in [3.63, 3.8) is 0 Å². The van der Waals surface area contributed by atoms with Crippen molar-refractivity contribution in [2.75, 3.05) is 0 Å². The van der Waals surface area contributed by atoms with Crippen LogP contribution in [0.25, 0.3) is 0 Å². The van der Waals surface area contributed by atoms with Crippen LogP contribution in [0, 0.1) is 10.1 Å². The predicted molar refractivity (Wildman–Crippen MR) is 61.6 cm³/mol. The molecule has 0 saturated carbocycles. The van der Waals surface area contributed by atoms with Gasteiger partial charge in [-0.05, 0) is 6.07 Å². The Labute approximate surface area is 107 Å². The second-order valence-corrected chi connectivity index (χ2v) is 3.87. The number of benzene rings is 1. The van der Waals surface area contributed by atoms with Gasteiger partial charge in [0.05, 0.1) is 4.92 Å². The van der Waals surface area contributed by atoms with Gasteiger partial charge in [-0.2, -0.15) is 5.01 Å². The van der Waals surface area contributed by atoms with Crippen molar-refractivity contribution in [2.45, 2.75) is 12.8 Å². The second kappa shape index (κ2) is 4.84. The fourth-order valence-corrected chi connectivity index (χ4v) is 1.63. The van der Waals surface area contributed by atoms with E-state index < -0.39 is 22.6 Å². The molecule has 19 heavy (non-hydrogen) atoms. The van der Waals surface area contributed by atoms with Gasteiger partial charge in [-0.1, -0.05) is 6.07 Å². The predicted octanol–water partition coefficient (Wildman–Crippen LogP) is 0.389. The number of nitro benzene ring substituents is 1. The normalized spacial score (nSPS) is 14.6. The Kier molecular flexibility index (Phi) is 3.23. The Balaban J connectivity index is 2.16. The van der Waals surface area contributed by atoms with Gasteiger partial charge >= 0.3 is 0 Å². The third kappa shape index (κ3) is 2.57. The standard InChI is InChI=1S/C11H9N3O5/c15-9-4-5-10(16)13(9)12-11(17)7-2-1-3-8(6-7)14(18)19/h1-3,6H,4-5H2,(H,12,17). The molecule has 8 heteroatoms. The highest BCUT2D eigenvalue weighted by Gasteiger charge is 2.30. The number of carbonyl (C=O) groups excluding carboxylic acids is 3. The van der Waals surface area contributed by atoms with Gasteiger partial charge in [0, 0.05) is 30.5 Å². The number of nitro groups is 1. The van der Waals surface area contributed by atoms with Crippen LogP contribution in [0.4, 0.5) is 5.69 Å². The first-order valence-corrected chi connectivity index (χ1v) is 5.40. The number of nitrogens with one attached hydrogen (secondary N) is 1. The Hall–Kier alpha value is -2.77. The van der Waals surface area contributed by atoms with Gasteiger partial charge < -0.3 is 0 Å². The van der Waals surface area contributed by atoms with Crippen LogP contribution in [0.3, 0.4) is 0 Å². The molecule has 0 aliphatic carbocycles. The highest BCUT2D eigenvalue weighted by molar-refractivity contribution is 6.05. The summed E-state index contributed by atoms with van der Waals surface area (Å²) < 4.78 is 0. The highest BCUT2D eigenvalue weighted by atomic mass is 16.6. The van der Waals surface area contributed by atoms with E-state index in [1.54, 1.807) is 0 Å². The number of imide groups is 1. The van der Waals surface area contributed by atoms with Crippen LogP contribution in [0.2, 0.25) is 0 Å². The van der Waals surface area contributed by atoms with Crippen LogP contribution in [-0.2, 0) is 9.59 Å². The smallest absolute Gasteiger partial charge is 0.270 e. The van der Waals surface area contributed by atoms with Crippen molar-refractivity contribution in [2.24, 2.45) is 0 Å². The van der Waals surface area contributed by atoms with Gasteiger partial charge in [-0.25, -0.2) is 0 Å². The molecule has 3 amide bonds. The van der Waals surface area contributed by atoms with E-state index >= 15 is 0 Å². The molecule has 1 saturated heterocycles. The van der Waals surface area contributed by atoms with Gasteiger partial charge in [0.15, 0.2) is 0 Å². The number of nitrogens with zero attached hydrogens (tertiary/aromatic N) is 2. The number of hydrogen-bond acceptors (Lipinski definition) is 5. The van der Waals surface area contributed by atoms with E-state index in [9.17, 15) is 24.5 Å². The van der Waals surface area contributed by atoms with Crippen molar-refractivity contribution in [1.82, 2.24) is 10.4 Å². The summed E-state index contributed by atoms with van der Waals surface area (Å²) >= 11 is 0. The lowest BCUT2D eigenvalue weighted by atomic mass is 10.2. The summed E-state index contributed by atoms with van der Waals surface area (Å²) in [5, 5.41) is 11.2. The van der Waals surface area contributed by atoms with E-state index in [1.165, 1.54) is 18.2 Å². The van der Waals surface area contributed by atoms with Crippen LogP contribution < -0.4 is 5.43 Å². The lowest BCUT2D eigenvalue weighted by Gasteiger charge is -2.14. The van der Waals surface area contributed by atoms with Crippen LogP contribution in [-0.4, -0.2) is 27.7 Å². The zero-order chi connectivity index (χ0) is 14.0. The molecule has 0 radical (unpaired) electrons. The van der Waals surface area contributed by atoms with Crippen molar-refractivity contribution in [3.05, 3.63) is 39.9 Å². The fourth-order valence-electron chi connectivity index (χ4n) is 1.63. The number of carbonyl (C=O) groups is 3. The van der Waals surface area contributed by atoms with Gasteiger partial charge in [-0.3, -0.25) is 29.9 Å². The molecule has 0 atom stereocenters. The molecule has 1 aliphatic heterocycles. The van der Waals surface area contributed by atoms with Gasteiger partial charge in [0.25, 0.3) is 11.6 Å². The minimum absolute atomic E-state index is 0.00157. The lowest BCUT2D eigenvalue weighted by Crippen LogP contribution is -2.45. The van der Waals surface area contributed by atoms with Gasteiger partial charge in [0.1, 0.15) is 0 Å². The zero-order valence-electron chi connectivity index (χ0n) is 9.66. The molecule has 1 aromatic rings. The molecule has 1 N–H and O–H groups in total. The lowest BCUT2D eigenvalue weighted by molar-refractivity contribution is -0.384.